The summed E-state index contributed by atoms with van der Waals surface area (Å²) < 4.78 is 2.10. The number of carbonyl (C=O) groups is 2. The van der Waals surface area contributed by atoms with Gasteiger partial charge in [0.2, 0.25) is 11.8 Å². The summed E-state index contributed by atoms with van der Waals surface area (Å²) in [7, 11) is 0. The van der Waals surface area contributed by atoms with Crippen LogP contribution in [-0.4, -0.2) is 26.7 Å². The number of fused-ring (bicyclic) bond motifs is 1. The summed E-state index contributed by atoms with van der Waals surface area (Å²) in [5, 5.41) is 4.93. The molecule has 2 heterocycles. The number of imidazole rings is 1. The molecule has 0 aliphatic heterocycles. The summed E-state index contributed by atoms with van der Waals surface area (Å²) in [6.45, 7) is 3.60. The van der Waals surface area contributed by atoms with Crippen LogP contribution >= 0.6 is 11.3 Å². The number of aromatic nitrogens is 2. The Bertz CT molecular complexity index is 742. The molecule has 0 aromatic carbocycles. The van der Waals surface area contributed by atoms with E-state index in [0.29, 0.717) is 18.8 Å². The molecule has 6 nitrogen and oxygen atoms in total. The molecular formula is C16H22N4O2S. The number of nitrogens with one attached hydrogen (secondary N) is 1. The Morgan fingerprint density at radius 3 is 2.87 bits per heavy atom. The summed E-state index contributed by atoms with van der Waals surface area (Å²) in [4.78, 5) is 28.8. The molecule has 2 aromatic heterocycles. The predicted molar refractivity (Wildman–Crippen MR) is 89.4 cm³/mol. The Hall–Kier alpha value is -1.89. The van der Waals surface area contributed by atoms with Crippen LogP contribution in [0.2, 0.25) is 0 Å². The van der Waals surface area contributed by atoms with Gasteiger partial charge in [-0.1, -0.05) is 0 Å². The number of thiazole rings is 1. The summed E-state index contributed by atoms with van der Waals surface area (Å²) >= 11 is 1.61. The van der Waals surface area contributed by atoms with Crippen molar-refractivity contribution < 1.29 is 9.59 Å². The van der Waals surface area contributed by atoms with E-state index in [0.717, 1.165) is 10.7 Å². The minimum atomic E-state index is -0.610. The molecule has 23 heavy (non-hydrogen) atoms. The van der Waals surface area contributed by atoms with Crippen LogP contribution in [0.15, 0.2) is 11.6 Å². The van der Waals surface area contributed by atoms with Crippen LogP contribution in [0.25, 0.3) is 4.96 Å². The number of hydrogen-bond donors (Lipinski definition) is 2. The maximum absolute atomic E-state index is 12.1. The number of nitrogens with two attached hydrogens (primary N) is 1. The Morgan fingerprint density at radius 2 is 2.22 bits per heavy atom. The Balaban J connectivity index is 1.59. The topological polar surface area (TPSA) is 89.5 Å². The van der Waals surface area contributed by atoms with Gasteiger partial charge in [0.15, 0.2) is 4.96 Å². The second-order valence-corrected chi connectivity index (χ2v) is 7.73. The number of primary amides is 1. The van der Waals surface area contributed by atoms with Crippen molar-refractivity contribution in [3.8, 4) is 0 Å². The highest BCUT2D eigenvalue weighted by Crippen LogP contribution is 2.40. The summed E-state index contributed by atoms with van der Waals surface area (Å²) in [5.74, 6) is 0.145. The van der Waals surface area contributed by atoms with Crippen LogP contribution < -0.4 is 11.1 Å². The minimum absolute atomic E-state index is 0.0712. The molecule has 0 bridgehead atoms. The van der Waals surface area contributed by atoms with Crippen molar-refractivity contribution >= 4 is 28.1 Å². The van der Waals surface area contributed by atoms with E-state index in [1.54, 1.807) is 25.2 Å². The van der Waals surface area contributed by atoms with Crippen LogP contribution in [0.5, 0.6) is 0 Å². The molecule has 0 spiro atoms. The summed E-state index contributed by atoms with van der Waals surface area (Å²) in [6, 6.07) is 0. The predicted octanol–water partition coefficient (Wildman–Crippen LogP) is 1.98. The number of nitrogens with zero attached hydrogens (tertiary/aromatic N) is 2. The van der Waals surface area contributed by atoms with Crippen LogP contribution in [-0.2, 0) is 16.0 Å². The molecule has 3 N–H and O–H groups in total. The first-order valence-electron chi connectivity index (χ1n) is 7.89. The maximum Gasteiger partial charge on any atom is 0.220 e. The number of aryl methyl sites for hydroxylation is 1. The first kappa shape index (κ1) is 16.0. The van der Waals surface area contributed by atoms with Gasteiger partial charge in [0.05, 0.1) is 5.69 Å². The molecule has 0 atom stereocenters. The molecule has 0 unspecified atom stereocenters. The Morgan fingerprint density at radius 1 is 1.48 bits per heavy atom. The van der Waals surface area contributed by atoms with E-state index in [1.165, 1.54) is 18.5 Å². The number of rotatable bonds is 7. The molecule has 1 aliphatic rings. The minimum Gasteiger partial charge on any atom is -0.370 e. The zero-order chi connectivity index (χ0) is 16.6. The Labute approximate surface area is 139 Å². The second-order valence-electron chi connectivity index (χ2n) is 6.89. The molecule has 2 amide bonds. The number of amides is 2. The van der Waals surface area contributed by atoms with Crippen molar-refractivity contribution in [2.24, 2.45) is 5.73 Å². The third-order valence-corrected chi connectivity index (χ3v) is 4.89. The lowest BCUT2D eigenvalue weighted by Gasteiger charge is -2.24. The molecule has 3 rings (SSSR count). The van der Waals surface area contributed by atoms with E-state index in [4.69, 9.17) is 5.73 Å². The molecule has 0 saturated heterocycles. The largest absolute Gasteiger partial charge is 0.370 e. The van der Waals surface area contributed by atoms with Gasteiger partial charge in [-0.15, -0.1) is 11.3 Å². The van der Waals surface area contributed by atoms with Gasteiger partial charge < -0.3 is 11.1 Å². The lowest BCUT2D eigenvalue weighted by molar-refractivity contribution is -0.124. The molecule has 0 radical (unpaired) electrons. The first-order valence-corrected chi connectivity index (χ1v) is 8.77. The molecule has 124 valence electrons. The van der Waals surface area contributed by atoms with Crippen molar-refractivity contribution in [1.29, 1.82) is 0 Å². The maximum atomic E-state index is 12.1. The van der Waals surface area contributed by atoms with Gasteiger partial charge in [-0.25, -0.2) is 4.98 Å². The highest BCUT2D eigenvalue weighted by molar-refractivity contribution is 7.15. The molecule has 2 aromatic rings. The van der Waals surface area contributed by atoms with E-state index in [2.05, 4.69) is 26.3 Å². The van der Waals surface area contributed by atoms with Crippen molar-refractivity contribution in [2.45, 2.75) is 57.4 Å². The van der Waals surface area contributed by atoms with Gasteiger partial charge in [0.1, 0.15) is 0 Å². The van der Waals surface area contributed by atoms with Gasteiger partial charge in [-0.05, 0) is 33.1 Å². The zero-order valence-electron chi connectivity index (χ0n) is 13.5. The van der Waals surface area contributed by atoms with Crippen molar-refractivity contribution in [1.82, 2.24) is 14.7 Å². The lowest BCUT2D eigenvalue weighted by atomic mass is 10.00. The Kier molecular flexibility index (Phi) is 4.14. The highest BCUT2D eigenvalue weighted by atomic mass is 32.1. The molecular weight excluding hydrogens is 312 g/mol. The van der Waals surface area contributed by atoms with Crippen molar-refractivity contribution in [3.05, 3.63) is 23.0 Å². The van der Waals surface area contributed by atoms with Gasteiger partial charge >= 0.3 is 0 Å². The normalized spacial score (nSPS) is 15.0. The van der Waals surface area contributed by atoms with E-state index < -0.39 is 11.4 Å². The van der Waals surface area contributed by atoms with Crippen LogP contribution in [0.1, 0.15) is 56.8 Å². The van der Waals surface area contributed by atoms with Gasteiger partial charge in [0.25, 0.3) is 0 Å². The van der Waals surface area contributed by atoms with Crippen LogP contribution in [0.4, 0.5) is 0 Å². The summed E-state index contributed by atoms with van der Waals surface area (Å²) in [6.07, 6.45) is 5.74. The first-order chi connectivity index (χ1) is 10.8. The van der Waals surface area contributed by atoms with Gasteiger partial charge in [-0.2, -0.15) is 0 Å². The number of carbonyl (C=O) groups excluding carboxylic acids is 2. The highest BCUT2D eigenvalue weighted by Gasteiger charge is 2.27. The standard InChI is InChI=1S/C16H22N4O2S/c1-16(2,7-13(17)21)19-14(22)6-5-11-9-23-15-18-12(8-20(11)15)10-3-4-10/h8-10H,3-7H2,1-2H3,(H2,17,21)(H,19,22). The molecule has 7 heteroatoms. The zero-order valence-corrected chi connectivity index (χ0v) is 14.3. The third kappa shape index (κ3) is 3.90. The van der Waals surface area contributed by atoms with Gasteiger partial charge in [0, 0.05) is 41.6 Å². The van der Waals surface area contributed by atoms with Gasteiger partial charge in [-0.3, -0.25) is 14.0 Å². The van der Waals surface area contributed by atoms with E-state index in [9.17, 15) is 9.59 Å². The second kappa shape index (κ2) is 5.96. The fraction of sp³-hybridized carbons (Fsp3) is 0.562. The monoisotopic (exact) mass is 334 g/mol. The molecule has 1 saturated carbocycles. The third-order valence-electron chi connectivity index (χ3n) is 4.00. The van der Waals surface area contributed by atoms with E-state index in [1.807, 2.05) is 0 Å². The van der Waals surface area contributed by atoms with E-state index >= 15 is 0 Å². The van der Waals surface area contributed by atoms with Crippen molar-refractivity contribution in [3.63, 3.8) is 0 Å². The molecule has 1 fully saturated rings. The smallest absolute Gasteiger partial charge is 0.220 e. The SMILES string of the molecule is CC(C)(CC(N)=O)NC(=O)CCc1csc2nc(C3CC3)cn12. The lowest BCUT2D eigenvalue weighted by Crippen LogP contribution is -2.46. The average molecular weight is 334 g/mol. The van der Waals surface area contributed by atoms with Crippen LogP contribution in [0, 0.1) is 0 Å². The quantitative estimate of drug-likeness (QED) is 0.811. The van der Waals surface area contributed by atoms with Crippen LogP contribution in [0.3, 0.4) is 0 Å². The fourth-order valence-corrected chi connectivity index (χ4v) is 3.68. The summed E-state index contributed by atoms with van der Waals surface area (Å²) in [5.41, 5.74) is 6.87. The number of hydrogen-bond acceptors (Lipinski definition) is 4. The average Bonchev–Trinajstić information content (AvgIpc) is 3.06. The fourth-order valence-electron chi connectivity index (χ4n) is 2.76. The van der Waals surface area contributed by atoms with Crippen molar-refractivity contribution in [2.75, 3.05) is 0 Å². The van der Waals surface area contributed by atoms with E-state index in [-0.39, 0.29) is 12.3 Å². The molecule has 1 aliphatic carbocycles.